The van der Waals surface area contributed by atoms with Crippen LogP contribution in [0.1, 0.15) is 27.0 Å². The molecule has 3 rings (SSSR count). The summed E-state index contributed by atoms with van der Waals surface area (Å²) in [7, 11) is 0. The van der Waals surface area contributed by atoms with Gasteiger partial charge in [0, 0.05) is 20.8 Å². The fourth-order valence-electron chi connectivity index (χ4n) is 2.97. The molecule has 2 aromatic heterocycles. The summed E-state index contributed by atoms with van der Waals surface area (Å²) in [4.78, 5) is 56.8. The lowest BCUT2D eigenvalue weighted by Gasteiger charge is -2.23. The average Bonchev–Trinajstić information content (AvgIpc) is 3.16. The number of carbonyl (C=O) groups is 3. The minimum atomic E-state index is -1.08. The number of hydrogen-bond acceptors (Lipinski definition) is 10. The number of esters is 3. The van der Waals surface area contributed by atoms with Crippen LogP contribution in [0, 0.1) is 0 Å². The Kier molecular flexibility index (Phi) is 5.40. The Morgan fingerprint density at radius 2 is 1.79 bits per heavy atom. The predicted octanol–water partition coefficient (Wildman–Crippen LogP) is -0.556. The van der Waals surface area contributed by atoms with Crippen LogP contribution in [0.2, 0.25) is 0 Å². The first-order valence-electron chi connectivity index (χ1n) is 8.31. The van der Waals surface area contributed by atoms with Crippen molar-refractivity contribution >= 4 is 29.1 Å². The van der Waals surface area contributed by atoms with Gasteiger partial charge in [0.25, 0.3) is 5.56 Å². The smallest absolute Gasteiger partial charge is 0.303 e. The second-order valence-corrected chi connectivity index (χ2v) is 6.07. The third kappa shape index (κ3) is 3.86. The van der Waals surface area contributed by atoms with Crippen molar-refractivity contribution in [2.75, 3.05) is 6.61 Å². The number of hydrogen-bond donors (Lipinski definition) is 1. The Balaban J connectivity index is 2.02. The summed E-state index contributed by atoms with van der Waals surface area (Å²) in [6, 6.07) is 0. The van der Waals surface area contributed by atoms with Gasteiger partial charge in [-0.05, 0) is 0 Å². The summed E-state index contributed by atoms with van der Waals surface area (Å²) in [5.41, 5.74) is -0.223. The van der Waals surface area contributed by atoms with E-state index < -0.39 is 48.0 Å². The maximum atomic E-state index is 11.9. The molecule has 1 aliphatic rings. The van der Waals surface area contributed by atoms with Gasteiger partial charge in [-0.15, -0.1) is 0 Å². The van der Waals surface area contributed by atoms with E-state index in [1.54, 1.807) is 0 Å². The highest BCUT2D eigenvalue weighted by Crippen LogP contribution is 2.35. The molecule has 0 bridgehead atoms. The zero-order valence-electron chi connectivity index (χ0n) is 15.3. The molecule has 2 aromatic rings. The van der Waals surface area contributed by atoms with Crippen LogP contribution in [0.3, 0.4) is 0 Å². The second kappa shape index (κ2) is 7.76. The molecular formula is C16H18N4O8. The highest BCUT2D eigenvalue weighted by atomic mass is 16.7. The summed E-state index contributed by atoms with van der Waals surface area (Å²) in [6.45, 7) is 3.36. The molecule has 1 N–H and O–H groups in total. The van der Waals surface area contributed by atoms with E-state index in [2.05, 4.69) is 15.0 Å². The summed E-state index contributed by atoms with van der Waals surface area (Å²) in [5, 5.41) is 0. The highest BCUT2D eigenvalue weighted by molar-refractivity contribution is 5.70. The molecule has 1 saturated heterocycles. The fraction of sp³-hybridized carbons (Fsp3) is 0.500. The Labute approximate surface area is 157 Å². The van der Waals surface area contributed by atoms with Gasteiger partial charge in [-0.1, -0.05) is 0 Å². The highest BCUT2D eigenvalue weighted by Gasteiger charge is 2.51. The number of ether oxygens (including phenoxy) is 4. The minimum Gasteiger partial charge on any atom is -0.463 e. The van der Waals surface area contributed by atoms with Crippen LogP contribution in [-0.2, 0) is 33.3 Å². The maximum Gasteiger partial charge on any atom is 0.303 e. The summed E-state index contributed by atoms with van der Waals surface area (Å²) in [6.07, 6.45) is -1.58. The molecule has 12 nitrogen and oxygen atoms in total. The zero-order valence-corrected chi connectivity index (χ0v) is 15.3. The van der Waals surface area contributed by atoms with Crippen molar-refractivity contribution in [2.45, 2.75) is 45.3 Å². The van der Waals surface area contributed by atoms with Gasteiger partial charge >= 0.3 is 17.9 Å². The molecule has 0 aromatic carbocycles. The number of carbonyl (C=O) groups excluding carboxylic acids is 3. The molecule has 12 heteroatoms. The molecule has 0 spiro atoms. The molecule has 0 saturated carbocycles. The second-order valence-electron chi connectivity index (χ2n) is 6.07. The zero-order chi connectivity index (χ0) is 20.4. The molecule has 1 aliphatic heterocycles. The lowest BCUT2D eigenvalue weighted by atomic mass is 10.1. The van der Waals surface area contributed by atoms with Crippen molar-refractivity contribution < 1.29 is 33.3 Å². The summed E-state index contributed by atoms with van der Waals surface area (Å²) in [5.74, 6) is -1.83. The first-order chi connectivity index (χ1) is 13.3. The first-order valence-corrected chi connectivity index (χ1v) is 8.31. The number of fused-ring (bicyclic) bond motifs is 1. The third-order valence-electron chi connectivity index (χ3n) is 3.98. The van der Waals surface area contributed by atoms with E-state index in [4.69, 9.17) is 18.9 Å². The standard InChI is InChI=1S/C16H18N4O8/c1-7(21)25-4-10-12(26-8(2)22)13(27-9(3)23)16(28-10)20-6-19-11-14(20)17-5-18-15(11)24/h5-6,10,12-13,16H,4H2,1-3H3,(H,17,18,24)/t10-,12+,13-,16-/m1/s1. The van der Waals surface area contributed by atoms with Crippen LogP contribution in [0.4, 0.5) is 0 Å². The Hall–Kier alpha value is -3.28. The van der Waals surface area contributed by atoms with Crippen molar-refractivity contribution in [3.8, 4) is 0 Å². The summed E-state index contributed by atoms with van der Waals surface area (Å²) < 4.78 is 22.8. The lowest BCUT2D eigenvalue weighted by Crippen LogP contribution is -2.40. The van der Waals surface area contributed by atoms with Gasteiger partial charge in [0.05, 0.1) is 12.7 Å². The minimum absolute atomic E-state index is 0.0557. The van der Waals surface area contributed by atoms with Gasteiger partial charge < -0.3 is 23.9 Å². The summed E-state index contributed by atoms with van der Waals surface area (Å²) >= 11 is 0. The number of rotatable bonds is 5. The molecule has 150 valence electrons. The molecule has 4 atom stereocenters. The topological polar surface area (TPSA) is 152 Å². The van der Waals surface area contributed by atoms with Crippen LogP contribution in [0.5, 0.6) is 0 Å². The van der Waals surface area contributed by atoms with E-state index >= 15 is 0 Å². The Bertz CT molecular complexity index is 967. The number of aromatic amines is 1. The van der Waals surface area contributed by atoms with Gasteiger partial charge in [-0.25, -0.2) is 9.97 Å². The average molecular weight is 394 g/mol. The van der Waals surface area contributed by atoms with Crippen LogP contribution in [0.25, 0.3) is 11.2 Å². The van der Waals surface area contributed by atoms with Crippen molar-refractivity contribution in [3.63, 3.8) is 0 Å². The fourth-order valence-corrected chi connectivity index (χ4v) is 2.97. The first kappa shape index (κ1) is 19.5. The molecule has 0 aliphatic carbocycles. The maximum absolute atomic E-state index is 11.9. The molecule has 0 unspecified atom stereocenters. The van der Waals surface area contributed by atoms with Gasteiger partial charge in [0.2, 0.25) is 0 Å². The van der Waals surface area contributed by atoms with Crippen molar-refractivity contribution in [1.29, 1.82) is 0 Å². The molecule has 3 heterocycles. The normalized spacial score (nSPS) is 24.1. The van der Waals surface area contributed by atoms with E-state index in [0.717, 1.165) is 0 Å². The molecule has 0 radical (unpaired) electrons. The lowest BCUT2D eigenvalue weighted by molar-refractivity contribution is -0.166. The number of nitrogens with one attached hydrogen (secondary N) is 1. The predicted molar refractivity (Wildman–Crippen MR) is 89.8 cm³/mol. The van der Waals surface area contributed by atoms with E-state index in [-0.39, 0.29) is 17.8 Å². The van der Waals surface area contributed by atoms with Gasteiger partial charge in [-0.2, -0.15) is 0 Å². The van der Waals surface area contributed by atoms with Crippen LogP contribution < -0.4 is 5.56 Å². The number of nitrogens with zero attached hydrogens (tertiary/aromatic N) is 3. The van der Waals surface area contributed by atoms with Crippen molar-refractivity contribution in [1.82, 2.24) is 19.5 Å². The van der Waals surface area contributed by atoms with E-state index in [1.807, 2.05) is 0 Å². The molecular weight excluding hydrogens is 376 g/mol. The van der Waals surface area contributed by atoms with Crippen molar-refractivity contribution in [3.05, 3.63) is 23.0 Å². The SMILES string of the molecule is CC(=O)OC[C@H]1O[C@@H](n2cnc3c(=O)[nH]cnc32)[C@H](OC(C)=O)[C@H]1OC(C)=O. The monoisotopic (exact) mass is 394 g/mol. The van der Waals surface area contributed by atoms with E-state index in [9.17, 15) is 19.2 Å². The molecule has 28 heavy (non-hydrogen) atoms. The third-order valence-corrected chi connectivity index (χ3v) is 3.98. The largest absolute Gasteiger partial charge is 0.463 e. The van der Waals surface area contributed by atoms with E-state index in [1.165, 1.54) is 38.0 Å². The quantitative estimate of drug-likeness (QED) is 0.516. The number of H-pyrrole nitrogens is 1. The van der Waals surface area contributed by atoms with Gasteiger partial charge in [0.1, 0.15) is 12.7 Å². The van der Waals surface area contributed by atoms with Crippen molar-refractivity contribution in [2.24, 2.45) is 0 Å². The van der Waals surface area contributed by atoms with Gasteiger partial charge in [-0.3, -0.25) is 23.7 Å². The van der Waals surface area contributed by atoms with Gasteiger partial charge in [0.15, 0.2) is 29.6 Å². The Morgan fingerprint density at radius 3 is 2.43 bits per heavy atom. The Morgan fingerprint density at radius 1 is 1.11 bits per heavy atom. The van der Waals surface area contributed by atoms with E-state index in [0.29, 0.717) is 0 Å². The molecule has 0 amide bonds. The van der Waals surface area contributed by atoms with Crippen LogP contribution in [-0.4, -0.2) is 62.3 Å². The number of imidazole rings is 1. The number of aromatic nitrogens is 4. The van der Waals surface area contributed by atoms with Crippen LogP contribution in [0.15, 0.2) is 17.4 Å². The van der Waals surface area contributed by atoms with Crippen LogP contribution >= 0.6 is 0 Å². The molecule has 1 fully saturated rings.